The number of para-hydroxylation sites is 1. The molecule has 1 nitrogen and oxygen atoms in total. The van der Waals surface area contributed by atoms with E-state index in [1.807, 2.05) is 30.3 Å². The van der Waals surface area contributed by atoms with E-state index in [1.54, 1.807) is 7.11 Å². The summed E-state index contributed by atoms with van der Waals surface area (Å²) in [5, 5.41) is 0. The van der Waals surface area contributed by atoms with Gasteiger partial charge in [0, 0.05) is 6.38 Å². The minimum Gasteiger partial charge on any atom is -0.497 e. The highest BCUT2D eigenvalue weighted by molar-refractivity contribution is 6.15. The Morgan fingerprint density at radius 2 is 1.60 bits per heavy atom. The summed E-state index contributed by atoms with van der Waals surface area (Å²) < 4.78 is 4.91. The summed E-state index contributed by atoms with van der Waals surface area (Å²) >= 11 is 4.64. The number of hydrogen-bond acceptors (Lipinski definition) is 1. The Hall–Kier alpha value is -0.690. The average Bonchev–Trinajstić information content (AvgIpc) is 2.10. The molecule has 0 heterocycles. The van der Waals surface area contributed by atoms with E-state index in [4.69, 9.17) is 4.74 Å². The maximum Gasteiger partial charge on any atom is 0.118 e. The molecule has 2 heteroatoms. The molecule has 0 unspecified atom stereocenters. The first-order chi connectivity index (χ1) is 4.93. The summed E-state index contributed by atoms with van der Waals surface area (Å²) in [6.07, 6.45) is 1.47. The SMILES string of the molecule is CCl.COc1ccccc1. The zero-order valence-electron chi connectivity index (χ0n) is 6.17. The van der Waals surface area contributed by atoms with E-state index in [2.05, 4.69) is 11.6 Å². The summed E-state index contributed by atoms with van der Waals surface area (Å²) in [4.78, 5) is 0. The van der Waals surface area contributed by atoms with Crippen LogP contribution in [0, 0.1) is 0 Å². The van der Waals surface area contributed by atoms with Crippen molar-refractivity contribution in [1.29, 1.82) is 0 Å². The van der Waals surface area contributed by atoms with Gasteiger partial charge in [0.25, 0.3) is 0 Å². The molecule has 10 heavy (non-hydrogen) atoms. The third-order valence-electron chi connectivity index (χ3n) is 0.979. The van der Waals surface area contributed by atoms with E-state index in [0.717, 1.165) is 5.75 Å². The lowest BCUT2D eigenvalue weighted by atomic mass is 10.3. The molecule has 0 aliphatic heterocycles. The normalized spacial score (nSPS) is 7.50. The van der Waals surface area contributed by atoms with Gasteiger partial charge >= 0.3 is 0 Å². The summed E-state index contributed by atoms with van der Waals surface area (Å²) in [7, 11) is 1.66. The van der Waals surface area contributed by atoms with Gasteiger partial charge in [-0.15, -0.1) is 11.6 Å². The van der Waals surface area contributed by atoms with E-state index >= 15 is 0 Å². The fourth-order valence-corrected chi connectivity index (χ4v) is 0.557. The second kappa shape index (κ2) is 6.43. The highest BCUT2D eigenvalue weighted by atomic mass is 35.5. The van der Waals surface area contributed by atoms with Crippen LogP contribution in [0.15, 0.2) is 30.3 Å². The maximum atomic E-state index is 4.91. The molecule has 1 aromatic rings. The fraction of sp³-hybridized carbons (Fsp3) is 0.250. The van der Waals surface area contributed by atoms with Crippen molar-refractivity contribution in [3.05, 3.63) is 30.3 Å². The van der Waals surface area contributed by atoms with Gasteiger partial charge in [0.05, 0.1) is 7.11 Å². The Morgan fingerprint density at radius 1 is 1.10 bits per heavy atom. The van der Waals surface area contributed by atoms with Crippen LogP contribution in [0.2, 0.25) is 0 Å². The monoisotopic (exact) mass is 158 g/mol. The predicted octanol–water partition coefficient (Wildman–Crippen LogP) is 2.55. The molecule has 0 amide bonds. The summed E-state index contributed by atoms with van der Waals surface area (Å²) in [5.41, 5.74) is 0. The molecule has 56 valence electrons. The summed E-state index contributed by atoms with van der Waals surface area (Å²) in [6, 6.07) is 9.68. The van der Waals surface area contributed by atoms with Crippen LogP contribution in [0.25, 0.3) is 0 Å². The third kappa shape index (κ3) is 3.36. The average molecular weight is 159 g/mol. The molecular weight excluding hydrogens is 148 g/mol. The minimum absolute atomic E-state index is 0.910. The number of methoxy groups -OCH3 is 1. The molecule has 0 saturated heterocycles. The molecule has 0 aliphatic rings. The van der Waals surface area contributed by atoms with Crippen LogP contribution in [-0.2, 0) is 0 Å². The van der Waals surface area contributed by atoms with Crippen molar-refractivity contribution in [2.75, 3.05) is 13.5 Å². The van der Waals surface area contributed by atoms with E-state index in [9.17, 15) is 0 Å². The Labute approximate surface area is 66.6 Å². The lowest BCUT2D eigenvalue weighted by Gasteiger charge is -1.93. The summed E-state index contributed by atoms with van der Waals surface area (Å²) in [6.45, 7) is 0. The molecule has 0 aromatic heterocycles. The zero-order valence-corrected chi connectivity index (χ0v) is 6.93. The van der Waals surface area contributed by atoms with Gasteiger partial charge in [0.1, 0.15) is 5.75 Å². The van der Waals surface area contributed by atoms with Crippen molar-refractivity contribution < 1.29 is 4.74 Å². The smallest absolute Gasteiger partial charge is 0.118 e. The molecule has 0 radical (unpaired) electrons. The van der Waals surface area contributed by atoms with E-state index < -0.39 is 0 Å². The zero-order chi connectivity index (χ0) is 7.82. The molecule has 0 spiro atoms. The van der Waals surface area contributed by atoms with Crippen molar-refractivity contribution in [2.45, 2.75) is 0 Å². The second-order valence-corrected chi connectivity index (χ2v) is 1.52. The first-order valence-electron chi connectivity index (χ1n) is 2.90. The number of hydrogen-bond donors (Lipinski definition) is 0. The van der Waals surface area contributed by atoms with Crippen molar-refractivity contribution in [1.82, 2.24) is 0 Å². The summed E-state index contributed by atoms with van der Waals surface area (Å²) in [5.74, 6) is 0.910. The van der Waals surface area contributed by atoms with Crippen molar-refractivity contribution >= 4 is 11.6 Å². The first kappa shape index (κ1) is 9.31. The molecule has 0 bridgehead atoms. The van der Waals surface area contributed by atoms with Crippen molar-refractivity contribution in [2.24, 2.45) is 0 Å². The van der Waals surface area contributed by atoms with Gasteiger partial charge in [-0.1, -0.05) is 18.2 Å². The molecule has 0 fully saturated rings. The van der Waals surface area contributed by atoms with Gasteiger partial charge in [0.2, 0.25) is 0 Å². The molecule has 0 saturated carbocycles. The van der Waals surface area contributed by atoms with Crippen molar-refractivity contribution in [3.63, 3.8) is 0 Å². The second-order valence-electron chi connectivity index (χ2n) is 1.52. The van der Waals surface area contributed by atoms with E-state index in [0.29, 0.717) is 0 Å². The molecule has 0 atom stereocenters. The topological polar surface area (TPSA) is 9.23 Å². The van der Waals surface area contributed by atoms with E-state index in [-0.39, 0.29) is 0 Å². The Bertz CT molecular complexity index is 151. The van der Waals surface area contributed by atoms with Gasteiger partial charge in [-0.3, -0.25) is 0 Å². The number of rotatable bonds is 1. The lowest BCUT2D eigenvalue weighted by Crippen LogP contribution is -1.78. The molecular formula is C8H11ClO. The lowest BCUT2D eigenvalue weighted by molar-refractivity contribution is 0.415. The van der Waals surface area contributed by atoms with Crippen molar-refractivity contribution in [3.8, 4) is 5.75 Å². The fourth-order valence-electron chi connectivity index (χ4n) is 0.557. The first-order valence-corrected chi connectivity index (χ1v) is 3.66. The Morgan fingerprint density at radius 3 is 1.90 bits per heavy atom. The van der Waals surface area contributed by atoms with Crippen LogP contribution < -0.4 is 4.74 Å². The molecule has 1 aromatic carbocycles. The number of halogens is 1. The predicted molar refractivity (Wildman–Crippen MR) is 44.8 cm³/mol. The van der Waals surface area contributed by atoms with Gasteiger partial charge < -0.3 is 4.74 Å². The van der Waals surface area contributed by atoms with E-state index in [1.165, 1.54) is 6.38 Å². The van der Waals surface area contributed by atoms with Crippen LogP contribution in [0.1, 0.15) is 0 Å². The third-order valence-corrected chi connectivity index (χ3v) is 0.979. The quantitative estimate of drug-likeness (QED) is 0.571. The Kier molecular flexibility index (Phi) is 5.99. The number of ether oxygens (including phenoxy) is 1. The van der Waals surface area contributed by atoms with Crippen LogP contribution in [0.3, 0.4) is 0 Å². The van der Waals surface area contributed by atoms with Gasteiger partial charge in [-0.2, -0.15) is 0 Å². The highest BCUT2D eigenvalue weighted by Crippen LogP contribution is 2.05. The molecule has 0 aliphatic carbocycles. The highest BCUT2D eigenvalue weighted by Gasteiger charge is 1.80. The number of alkyl halides is 1. The van der Waals surface area contributed by atoms with Crippen LogP contribution in [0.4, 0.5) is 0 Å². The molecule has 0 N–H and O–H groups in total. The number of benzene rings is 1. The molecule has 1 rings (SSSR count). The van der Waals surface area contributed by atoms with Gasteiger partial charge in [-0.25, -0.2) is 0 Å². The van der Waals surface area contributed by atoms with Crippen LogP contribution in [0.5, 0.6) is 5.75 Å². The Balaban J connectivity index is 0.000000371. The van der Waals surface area contributed by atoms with Gasteiger partial charge in [-0.05, 0) is 12.1 Å². The maximum absolute atomic E-state index is 4.91. The van der Waals surface area contributed by atoms with Crippen LogP contribution >= 0.6 is 11.6 Å². The largest absolute Gasteiger partial charge is 0.497 e. The minimum atomic E-state index is 0.910. The van der Waals surface area contributed by atoms with Gasteiger partial charge in [0.15, 0.2) is 0 Å². The van der Waals surface area contributed by atoms with Crippen LogP contribution in [-0.4, -0.2) is 13.5 Å². The standard InChI is InChI=1S/C7H8O.CH3Cl/c1-8-7-5-3-2-4-6-7;1-2/h2-6H,1H3;1H3.